The van der Waals surface area contributed by atoms with Crippen molar-refractivity contribution >= 4 is 18.0 Å². The smallest absolute Gasteiger partial charge is 0.326 e. The number of carbonyl (C=O) groups is 3. The summed E-state index contributed by atoms with van der Waals surface area (Å²) in [6.07, 6.45) is 3.02. The van der Waals surface area contributed by atoms with Crippen molar-refractivity contribution in [3.05, 3.63) is 0 Å². The number of rotatable bonds is 8. The third-order valence-corrected chi connectivity index (χ3v) is 2.98. The van der Waals surface area contributed by atoms with Crippen LogP contribution < -0.4 is 5.32 Å². The summed E-state index contributed by atoms with van der Waals surface area (Å²) >= 11 is 0. The molecule has 7 nitrogen and oxygen atoms in total. The second-order valence-corrected chi connectivity index (χ2v) is 4.72. The molecule has 1 rings (SSSR count). The molecule has 0 aliphatic heterocycles. The zero-order chi connectivity index (χ0) is 14.4. The highest BCUT2D eigenvalue weighted by Crippen LogP contribution is 2.27. The molecule has 7 heteroatoms. The molecule has 1 fully saturated rings. The van der Waals surface area contributed by atoms with E-state index in [0.29, 0.717) is 6.54 Å². The summed E-state index contributed by atoms with van der Waals surface area (Å²) in [6.45, 7) is 2.58. The Kier molecular flexibility index (Phi) is 5.59. The van der Waals surface area contributed by atoms with E-state index in [9.17, 15) is 14.4 Å². The minimum absolute atomic E-state index is 0.172. The van der Waals surface area contributed by atoms with Gasteiger partial charge >= 0.3 is 18.0 Å². The first-order chi connectivity index (χ1) is 8.95. The van der Waals surface area contributed by atoms with Gasteiger partial charge in [-0.3, -0.25) is 4.79 Å². The molecule has 0 aromatic heterocycles. The van der Waals surface area contributed by atoms with Gasteiger partial charge in [0.15, 0.2) is 0 Å². The Morgan fingerprint density at radius 3 is 2.37 bits per heavy atom. The Morgan fingerprint density at radius 2 is 1.95 bits per heavy atom. The summed E-state index contributed by atoms with van der Waals surface area (Å²) in [5, 5.41) is 19.8. The number of amides is 2. The summed E-state index contributed by atoms with van der Waals surface area (Å²) < 4.78 is 0. The SMILES string of the molecule is CCCCN(C(=O)N[C@@H](CC(=O)O)C(=O)O)C1CC1. The molecule has 0 bridgehead atoms. The lowest BCUT2D eigenvalue weighted by Gasteiger charge is -2.24. The van der Waals surface area contributed by atoms with Crippen LogP contribution in [-0.4, -0.2) is 51.7 Å². The quantitative estimate of drug-likeness (QED) is 0.608. The Labute approximate surface area is 111 Å². The van der Waals surface area contributed by atoms with E-state index >= 15 is 0 Å². The molecule has 0 spiro atoms. The molecule has 1 aliphatic carbocycles. The maximum Gasteiger partial charge on any atom is 0.326 e. The zero-order valence-electron chi connectivity index (χ0n) is 11.0. The molecule has 108 valence electrons. The van der Waals surface area contributed by atoms with E-state index in [-0.39, 0.29) is 6.04 Å². The number of hydrogen-bond acceptors (Lipinski definition) is 3. The van der Waals surface area contributed by atoms with Gasteiger partial charge in [-0.25, -0.2) is 9.59 Å². The first kappa shape index (κ1) is 15.3. The van der Waals surface area contributed by atoms with Gasteiger partial charge in [0.05, 0.1) is 6.42 Å². The highest BCUT2D eigenvalue weighted by atomic mass is 16.4. The van der Waals surface area contributed by atoms with Crippen LogP contribution in [0.25, 0.3) is 0 Å². The molecule has 1 saturated carbocycles. The third-order valence-electron chi connectivity index (χ3n) is 2.98. The van der Waals surface area contributed by atoms with Crippen LogP contribution in [0.15, 0.2) is 0 Å². The van der Waals surface area contributed by atoms with Gasteiger partial charge in [0, 0.05) is 12.6 Å². The van der Waals surface area contributed by atoms with Crippen LogP contribution in [0.3, 0.4) is 0 Å². The Hall–Kier alpha value is -1.79. The standard InChI is InChI=1S/C12H20N2O5/c1-2-3-6-14(8-4-5-8)12(19)13-9(11(17)18)7-10(15)16/h8-9H,2-7H2,1H3,(H,13,19)(H,15,16)(H,17,18)/t9-/m0/s1. The van der Waals surface area contributed by atoms with E-state index in [0.717, 1.165) is 25.7 Å². The Bertz CT molecular complexity index is 354. The van der Waals surface area contributed by atoms with E-state index in [1.165, 1.54) is 0 Å². The molecule has 0 unspecified atom stereocenters. The van der Waals surface area contributed by atoms with Crippen LogP contribution in [0, 0.1) is 0 Å². The second kappa shape index (κ2) is 6.96. The topological polar surface area (TPSA) is 107 Å². The molecule has 0 radical (unpaired) electrons. The van der Waals surface area contributed by atoms with E-state index in [1.54, 1.807) is 4.90 Å². The van der Waals surface area contributed by atoms with Crippen LogP contribution in [0.4, 0.5) is 4.79 Å². The molecule has 19 heavy (non-hydrogen) atoms. The van der Waals surface area contributed by atoms with Crippen LogP contribution in [0.1, 0.15) is 39.0 Å². The normalized spacial score (nSPS) is 15.6. The van der Waals surface area contributed by atoms with E-state index < -0.39 is 30.4 Å². The lowest BCUT2D eigenvalue weighted by molar-refractivity contribution is -0.145. The van der Waals surface area contributed by atoms with Gasteiger partial charge in [0.2, 0.25) is 0 Å². The molecule has 0 aromatic carbocycles. The second-order valence-electron chi connectivity index (χ2n) is 4.72. The first-order valence-electron chi connectivity index (χ1n) is 6.47. The van der Waals surface area contributed by atoms with Crippen molar-refractivity contribution in [3.63, 3.8) is 0 Å². The zero-order valence-corrected chi connectivity index (χ0v) is 11.0. The Morgan fingerprint density at radius 1 is 1.32 bits per heavy atom. The summed E-state index contributed by atoms with van der Waals surface area (Å²) in [6, 6.07) is -1.69. The van der Waals surface area contributed by atoms with Crippen molar-refractivity contribution in [1.82, 2.24) is 10.2 Å². The predicted octanol–water partition coefficient (Wildman–Crippen LogP) is 0.888. The van der Waals surface area contributed by atoms with E-state index in [1.807, 2.05) is 6.92 Å². The largest absolute Gasteiger partial charge is 0.481 e. The monoisotopic (exact) mass is 272 g/mol. The summed E-state index contributed by atoms with van der Waals surface area (Å²) in [4.78, 5) is 35.0. The van der Waals surface area contributed by atoms with Gasteiger partial charge in [-0.2, -0.15) is 0 Å². The number of unbranched alkanes of at least 4 members (excludes halogenated alkanes) is 1. The lowest BCUT2D eigenvalue weighted by atomic mass is 10.2. The van der Waals surface area contributed by atoms with Gasteiger partial charge in [-0.05, 0) is 19.3 Å². The minimum atomic E-state index is -1.38. The maximum absolute atomic E-state index is 12.0. The number of nitrogens with zero attached hydrogens (tertiary/aromatic N) is 1. The highest BCUT2D eigenvalue weighted by molar-refractivity contribution is 5.86. The third kappa shape index (κ3) is 5.15. The number of nitrogens with one attached hydrogen (secondary N) is 1. The molecule has 0 saturated heterocycles. The molecule has 1 aliphatic rings. The average Bonchev–Trinajstić information content (AvgIpc) is 3.12. The van der Waals surface area contributed by atoms with Gasteiger partial charge in [0.25, 0.3) is 0 Å². The first-order valence-corrected chi connectivity index (χ1v) is 6.47. The van der Waals surface area contributed by atoms with E-state index in [2.05, 4.69) is 5.32 Å². The van der Waals surface area contributed by atoms with E-state index in [4.69, 9.17) is 10.2 Å². The average molecular weight is 272 g/mol. The predicted molar refractivity (Wildman–Crippen MR) is 66.8 cm³/mol. The number of carbonyl (C=O) groups excluding carboxylic acids is 1. The molecule has 0 aromatic rings. The fourth-order valence-electron chi connectivity index (χ4n) is 1.77. The minimum Gasteiger partial charge on any atom is -0.481 e. The van der Waals surface area contributed by atoms with Crippen molar-refractivity contribution in [1.29, 1.82) is 0 Å². The maximum atomic E-state index is 12.0. The van der Waals surface area contributed by atoms with Crippen molar-refractivity contribution in [2.45, 2.75) is 51.1 Å². The van der Waals surface area contributed by atoms with Crippen LogP contribution in [0.2, 0.25) is 0 Å². The number of carboxylic acids is 2. The van der Waals surface area contributed by atoms with Crippen molar-refractivity contribution in [2.24, 2.45) is 0 Å². The van der Waals surface area contributed by atoms with Gasteiger partial charge in [0.1, 0.15) is 6.04 Å². The fraction of sp³-hybridized carbons (Fsp3) is 0.750. The number of hydrogen-bond donors (Lipinski definition) is 3. The molecule has 3 N–H and O–H groups in total. The van der Waals surface area contributed by atoms with Gasteiger partial charge < -0.3 is 20.4 Å². The fourth-order valence-corrected chi connectivity index (χ4v) is 1.77. The van der Waals surface area contributed by atoms with Crippen molar-refractivity contribution in [2.75, 3.05) is 6.54 Å². The molecule has 1 atom stereocenters. The number of carboxylic acid groups (broad SMARTS) is 2. The summed E-state index contributed by atoms with van der Waals surface area (Å²) in [5.74, 6) is -2.58. The Balaban J connectivity index is 2.57. The van der Waals surface area contributed by atoms with Crippen molar-refractivity contribution < 1.29 is 24.6 Å². The van der Waals surface area contributed by atoms with Crippen molar-refractivity contribution in [3.8, 4) is 0 Å². The highest BCUT2D eigenvalue weighted by Gasteiger charge is 2.34. The molecule has 2 amide bonds. The van der Waals surface area contributed by atoms with Gasteiger partial charge in [-0.15, -0.1) is 0 Å². The van der Waals surface area contributed by atoms with Crippen LogP contribution in [-0.2, 0) is 9.59 Å². The lowest BCUT2D eigenvalue weighted by Crippen LogP contribution is -2.49. The summed E-state index contributed by atoms with van der Waals surface area (Å²) in [7, 11) is 0. The van der Waals surface area contributed by atoms with Crippen LogP contribution >= 0.6 is 0 Å². The molecule has 0 heterocycles. The number of aliphatic carboxylic acids is 2. The molecular formula is C12H20N2O5. The number of urea groups is 1. The molecular weight excluding hydrogens is 252 g/mol. The van der Waals surface area contributed by atoms with Gasteiger partial charge in [-0.1, -0.05) is 13.3 Å². The summed E-state index contributed by atoms with van der Waals surface area (Å²) in [5.41, 5.74) is 0. The van der Waals surface area contributed by atoms with Crippen LogP contribution in [0.5, 0.6) is 0 Å².